The Kier molecular flexibility index (Phi) is 9.83. The Morgan fingerprint density at radius 2 is 1.74 bits per heavy atom. The van der Waals surface area contributed by atoms with E-state index in [1.807, 2.05) is 37.2 Å². The van der Waals surface area contributed by atoms with Crippen LogP contribution in [0.1, 0.15) is 12.0 Å². The average Bonchev–Trinajstić information content (AvgIpc) is 3.47. The number of sulfonamides is 1. The van der Waals surface area contributed by atoms with Gasteiger partial charge in [0.25, 0.3) is 0 Å². The number of anilines is 3. The van der Waals surface area contributed by atoms with Crippen molar-refractivity contribution >= 4 is 44.1 Å². The van der Waals surface area contributed by atoms with E-state index < -0.39 is 10.0 Å². The molecule has 0 saturated heterocycles. The third kappa shape index (κ3) is 8.46. The Morgan fingerprint density at radius 1 is 0.974 bits per heavy atom. The molecule has 2 aromatic heterocycles. The number of nitrogens with zero attached hydrogens (tertiary/aromatic N) is 4. The van der Waals surface area contributed by atoms with E-state index in [2.05, 4.69) is 73.8 Å². The average molecular weight is 563 g/mol. The monoisotopic (exact) mass is 562 g/mol. The highest BCUT2D eigenvalue weighted by molar-refractivity contribution is 7.89. The fourth-order valence-corrected chi connectivity index (χ4v) is 5.58. The van der Waals surface area contributed by atoms with Gasteiger partial charge in [0.15, 0.2) is 0 Å². The van der Waals surface area contributed by atoms with Gasteiger partial charge in [0, 0.05) is 37.6 Å². The normalized spacial score (nSPS) is 11.8. The van der Waals surface area contributed by atoms with Crippen LogP contribution in [0.5, 0.6) is 0 Å². The molecule has 0 atom stereocenters. The standard InChI is InChI=1S/C29H34N6O2S2/c1-34(2)20-6-18-31-39(36,37)26-15-13-25(14-16-26)32-29-30-19-17-27(33-29)24-11-9-23(10-12-24)7-4-21-35(3)28-8-5-22-38-28/h4-5,7-17,19,22,31H,6,18,20-21H2,1-3H3,(H,30,32,33)/b7-4+. The molecule has 0 unspecified atom stereocenters. The van der Waals surface area contributed by atoms with Gasteiger partial charge in [-0.3, -0.25) is 0 Å². The number of rotatable bonds is 13. The highest BCUT2D eigenvalue weighted by Gasteiger charge is 2.13. The summed E-state index contributed by atoms with van der Waals surface area (Å²) in [5.74, 6) is 0.436. The molecule has 0 aliphatic rings. The zero-order chi connectivity index (χ0) is 27.7. The number of hydrogen-bond donors (Lipinski definition) is 2. The van der Waals surface area contributed by atoms with Gasteiger partial charge in [-0.05, 0) is 80.5 Å². The van der Waals surface area contributed by atoms with Crippen LogP contribution >= 0.6 is 11.3 Å². The van der Waals surface area contributed by atoms with Crippen molar-refractivity contribution in [2.45, 2.75) is 11.3 Å². The number of aromatic nitrogens is 2. The first kappa shape index (κ1) is 28.4. The van der Waals surface area contributed by atoms with Crippen molar-refractivity contribution in [1.82, 2.24) is 19.6 Å². The molecule has 10 heteroatoms. The van der Waals surface area contributed by atoms with E-state index in [1.54, 1.807) is 41.8 Å². The molecule has 2 aromatic carbocycles. The molecule has 0 aliphatic carbocycles. The van der Waals surface area contributed by atoms with Crippen molar-refractivity contribution < 1.29 is 8.42 Å². The summed E-state index contributed by atoms with van der Waals surface area (Å²) in [6, 6.07) is 20.8. The molecule has 0 spiro atoms. The number of nitrogens with one attached hydrogen (secondary N) is 2. The smallest absolute Gasteiger partial charge is 0.240 e. The highest BCUT2D eigenvalue weighted by atomic mass is 32.2. The van der Waals surface area contributed by atoms with E-state index in [-0.39, 0.29) is 4.90 Å². The molecule has 0 fully saturated rings. The third-order valence-electron chi connectivity index (χ3n) is 5.93. The van der Waals surface area contributed by atoms with E-state index in [9.17, 15) is 8.42 Å². The molecule has 2 N–H and O–H groups in total. The highest BCUT2D eigenvalue weighted by Crippen LogP contribution is 2.22. The van der Waals surface area contributed by atoms with E-state index >= 15 is 0 Å². The molecular formula is C29H34N6O2S2. The van der Waals surface area contributed by atoms with Gasteiger partial charge in [0.05, 0.1) is 15.6 Å². The predicted molar refractivity (Wildman–Crippen MR) is 162 cm³/mol. The molecule has 0 bridgehead atoms. The lowest BCUT2D eigenvalue weighted by Crippen LogP contribution is -2.27. The summed E-state index contributed by atoms with van der Waals surface area (Å²) < 4.78 is 27.7. The second kappa shape index (κ2) is 13.5. The first-order valence-electron chi connectivity index (χ1n) is 12.7. The van der Waals surface area contributed by atoms with Crippen LogP contribution in [0.25, 0.3) is 17.3 Å². The van der Waals surface area contributed by atoms with Gasteiger partial charge in [0.1, 0.15) is 0 Å². The lowest BCUT2D eigenvalue weighted by Gasteiger charge is -2.13. The SMILES string of the molecule is CN(C)CCCNS(=O)(=O)c1ccc(Nc2nccc(-c3ccc(/C=C/CN(C)c4cccs4)cc3)n2)cc1. The molecule has 8 nitrogen and oxygen atoms in total. The van der Waals surface area contributed by atoms with Crippen LogP contribution in [0.15, 0.2) is 89.3 Å². The largest absolute Gasteiger partial charge is 0.363 e. The van der Waals surface area contributed by atoms with E-state index in [4.69, 9.17) is 0 Å². The molecule has 39 heavy (non-hydrogen) atoms. The Balaban J connectivity index is 1.34. The van der Waals surface area contributed by atoms with Crippen molar-refractivity contribution in [3.63, 3.8) is 0 Å². The van der Waals surface area contributed by atoms with Crippen LogP contribution in [0.4, 0.5) is 16.6 Å². The van der Waals surface area contributed by atoms with Gasteiger partial charge in [-0.15, -0.1) is 11.3 Å². The van der Waals surface area contributed by atoms with Crippen LogP contribution in [0.2, 0.25) is 0 Å². The van der Waals surface area contributed by atoms with E-state index in [0.717, 1.165) is 36.3 Å². The first-order chi connectivity index (χ1) is 18.8. The molecule has 4 aromatic rings. The quantitative estimate of drug-likeness (QED) is 0.213. The summed E-state index contributed by atoms with van der Waals surface area (Å²) in [7, 11) is 2.46. The molecule has 0 radical (unpaired) electrons. The van der Waals surface area contributed by atoms with Crippen LogP contribution in [0, 0.1) is 0 Å². The Bertz CT molecular complexity index is 1450. The van der Waals surface area contributed by atoms with Crippen molar-refractivity contribution in [2.75, 3.05) is 51.0 Å². The zero-order valence-electron chi connectivity index (χ0n) is 22.4. The number of hydrogen-bond acceptors (Lipinski definition) is 8. The molecule has 4 rings (SSSR count). The third-order valence-corrected chi connectivity index (χ3v) is 8.39. The number of thiophene rings is 1. The van der Waals surface area contributed by atoms with Gasteiger partial charge in [-0.1, -0.05) is 36.4 Å². The van der Waals surface area contributed by atoms with Gasteiger partial charge >= 0.3 is 0 Å². The molecular weight excluding hydrogens is 528 g/mol. The number of benzene rings is 2. The summed E-state index contributed by atoms with van der Waals surface area (Å²) in [4.78, 5) is 13.4. The fourth-order valence-electron chi connectivity index (χ4n) is 3.80. The van der Waals surface area contributed by atoms with Gasteiger partial charge in [-0.25, -0.2) is 23.1 Å². The van der Waals surface area contributed by atoms with Crippen molar-refractivity contribution in [2.24, 2.45) is 0 Å². The molecule has 0 amide bonds. The van der Waals surface area contributed by atoms with Crippen molar-refractivity contribution in [3.8, 4) is 11.3 Å². The van der Waals surface area contributed by atoms with E-state index in [1.165, 1.54) is 5.00 Å². The van der Waals surface area contributed by atoms with Crippen LogP contribution in [-0.2, 0) is 10.0 Å². The first-order valence-corrected chi connectivity index (χ1v) is 15.0. The second-order valence-corrected chi connectivity index (χ2v) is 12.0. The lowest BCUT2D eigenvalue weighted by atomic mass is 10.1. The van der Waals surface area contributed by atoms with Crippen molar-refractivity contribution in [1.29, 1.82) is 0 Å². The van der Waals surface area contributed by atoms with Gasteiger partial charge < -0.3 is 15.1 Å². The summed E-state index contributed by atoms with van der Waals surface area (Å²) in [6.07, 6.45) is 6.71. The molecule has 2 heterocycles. The number of likely N-dealkylation sites (N-methyl/N-ethyl adjacent to an activating group) is 1. The minimum Gasteiger partial charge on any atom is -0.363 e. The van der Waals surface area contributed by atoms with Gasteiger partial charge in [0.2, 0.25) is 16.0 Å². The molecule has 0 saturated carbocycles. The maximum Gasteiger partial charge on any atom is 0.240 e. The second-order valence-electron chi connectivity index (χ2n) is 9.33. The Hall–Kier alpha value is -3.57. The summed E-state index contributed by atoms with van der Waals surface area (Å²) in [6.45, 7) is 2.05. The maximum atomic E-state index is 12.5. The minimum atomic E-state index is -3.55. The predicted octanol–water partition coefficient (Wildman–Crippen LogP) is 5.33. The fraction of sp³-hybridized carbons (Fsp3) is 0.241. The minimum absolute atomic E-state index is 0.222. The zero-order valence-corrected chi connectivity index (χ0v) is 24.0. The maximum absolute atomic E-state index is 12.5. The molecule has 204 valence electrons. The molecule has 0 aliphatic heterocycles. The van der Waals surface area contributed by atoms with Crippen LogP contribution in [-0.4, -0.2) is 64.1 Å². The van der Waals surface area contributed by atoms with Gasteiger partial charge in [-0.2, -0.15) is 0 Å². The summed E-state index contributed by atoms with van der Waals surface area (Å²) in [5, 5.41) is 6.49. The summed E-state index contributed by atoms with van der Waals surface area (Å²) >= 11 is 1.73. The van der Waals surface area contributed by atoms with Crippen LogP contribution in [0.3, 0.4) is 0 Å². The Morgan fingerprint density at radius 3 is 2.44 bits per heavy atom. The van der Waals surface area contributed by atoms with Crippen molar-refractivity contribution in [3.05, 3.63) is 89.9 Å². The topological polar surface area (TPSA) is 90.5 Å². The lowest BCUT2D eigenvalue weighted by molar-refractivity contribution is 0.400. The van der Waals surface area contributed by atoms with E-state index in [0.29, 0.717) is 18.2 Å². The van der Waals surface area contributed by atoms with Crippen LogP contribution < -0.4 is 14.9 Å². The Labute approximate surface area is 235 Å². The summed E-state index contributed by atoms with van der Waals surface area (Å²) in [5.41, 5.74) is 3.59.